The fraction of sp³-hybridized carbons (Fsp3) is 0.235. The number of hydrogen-bond acceptors (Lipinski definition) is 4. The smallest absolute Gasteiger partial charge is 0.260 e. The molecule has 0 fully saturated rings. The fourth-order valence-corrected chi connectivity index (χ4v) is 2.10. The number of carbonyl (C=O) groups excluding carboxylic acids is 2. The number of carbonyl (C=O) groups is 2. The summed E-state index contributed by atoms with van der Waals surface area (Å²) in [4.78, 5) is 29.5. The maximum absolute atomic E-state index is 12.5. The van der Waals surface area contributed by atoms with Crippen molar-refractivity contribution in [2.24, 2.45) is 0 Å². The molecule has 120 valence electrons. The third-order valence-corrected chi connectivity index (χ3v) is 3.05. The molecule has 3 N–H and O–H groups in total. The fourth-order valence-electron chi connectivity index (χ4n) is 2.10. The number of benzene rings is 1. The predicted octanol–water partition coefficient (Wildman–Crippen LogP) is 2.68. The Morgan fingerprint density at radius 3 is 2.61 bits per heavy atom. The zero-order chi connectivity index (χ0) is 16.8. The molecule has 3 rings (SSSR count). The van der Waals surface area contributed by atoms with Crippen LogP contribution < -0.4 is 16.0 Å². The van der Waals surface area contributed by atoms with Crippen LogP contribution in [0.1, 0.15) is 30.6 Å². The number of para-hydroxylation sites is 2. The van der Waals surface area contributed by atoms with Gasteiger partial charge in [0.25, 0.3) is 5.91 Å². The van der Waals surface area contributed by atoms with Crippen LogP contribution in [-0.2, 0) is 4.79 Å². The van der Waals surface area contributed by atoms with Crippen molar-refractivity contribution in [1.29, 1.82) is 0 Å². The number of rotatable bonds is 1. The molecule has 23 heavy (non-hydrogen) atoms. The molecule has 0 aliphatic carbocycles. The Morgan fingerprint density at radius 1 is 1.26 bits per heavy atom. The molecule has 0 saturated carbocycles. The van der Waals surface area contributed by atoms with Crippen molar-refractivity contribution in [1.82, 2.24) is 4.98 Å². The highest BCUT2D eigenvalue weighted by Gasteiger charge is 2.27. The highest BCUT2D eigenvalue weighted by molar-refractivity contribution is 6.15. The summed E-state index contributed by atoms with van der Waals surface area (Å²) in [5.74, 6) is -0.154. The van der Waals surface area contributed by atoms with Gasteiger partial charge in [0.15, 0.2) is 0 Å². The molecule has 1 aromatic carbocycles. The summed E-state index contributed by atoms with van der Waals surface area (Å²) >= 11 is 0. The summed E-state index contributed by atoms with van der Waals surface area (Å²) in [6.45, 7) is 4.24. The van der Waals surface area contributed by atoms with Crippen molar-refractivity contribution >= 4 is 29.0 Å². The molecule has 2 aromatic rings. The van der Waals surface area contributed by atoms with Gasteiger partial charge < -0.3 is 11.1 Å². The monoisotopic (exact) mass is 312 g/mol. The Hall–Kier alpha value is -2.89. The van der Waals surface area contributed by atoms with E-state index in [-0.39, 0.29) is 18.4 Å². The van der Waals surface area contributed by atoms with E-state index in [2.05, 4.69) is 24.1 Å². The lowest BCUT2D eigenvalue weighted by molar-refractivity contribution is -0.115. The van der Waals surface area contributed by atoms with Gasteiger partial charge in [0.1, 0.15) is 12.4 Å². The van der Waals surface area contributed by atoms with Crippen molar-refractivity contribution in [3.8, 4) is 0 Å². The first-order valence-corrected chi connectivity index (χ1v) is 7.49. The third-order valence-electron chi connectivity index (χ3n) is 3.05. The molecule has 0 saturated heterocycles. The van der Waals surface area contributed by atoms with Crippen molar-refractivity contribution in [3.63, 3.8) is 0 Å². The summed E-state index contributed by atoms with van der Waals surface area (Å²) in [6, 6.07) is 10.3. The van der Waals surface area contributed by atoms with Crippen LogP contribution in [-0.4, -0.2) is 23.3 Å². The maximum atomic E-state index is 12.5. The molecule has 0 bridgehead atoms. The van der Waals surface area contributed by atoms with E-state index in [1.54, 1.807) is 30.3 Å². The number of nitrogen functional groups attached to an aromatic ring is 1. The summed E-state index contributed by atoms with van der Waals surface area (Å²) in [7, 11) is 0. The Morgan fingerprint density at radius 2 is 1.96 bits per heavy atom. The van der Waals surface area contributed by atoms with Crippen molar-refractivity contribution in [2.45, 2.75) is 20.3 Å². The predicted molar refractivity (Wildman–Crippen MR) is 91.4 cm³/mol. The molecular formula is C17H20N4O2. The van der Waals surface area contributed by atoms with E-state index < -0.39 is 0 Å². The van der Waals surface area contributed by atoms with Gasteiger partial charge in [-0.05, 0) is 24.3 Å². The minimum Gasteiger partial charge on any atom is -0.384 e. The van der Waals surface area contributed by atoms with Crippen molar-refractivity contribution in [3.05, 3.63) is 48.2 Å². The minimum absolute atomic E-state index is 0.0137. The van der Waals surface area contributed by atoms with Crippen LogP contribution in [0.5, 0.6) is 0 Å². The number of nitrogens with one attached hydrogen (secondary N) is 1. The molecule has 1 aliphatic rings. The first-order valence-electron chi connectivity index (χ1n) is 7.49. The summed E-state index contributed by atoms with van der Waals surface area (Å²) in [5, 5.41) is 2.74. The van der Waals surface area contributed by atoms with Gasteiger partial charge in [-0.2, -0.15) is 0 Å². The number of amides is 2. The highest BCUT2D eigenvalue weighted by atomic mass is 16.2. The Balaban J connectivity index is 0.000000595. The van der Waals surface area contributed by atoms with E-state index in [4.69, 9.17) is 5.73 Å². The van der Waals surface area contributed by atoms with Crippen LogP contribution >= 0.6 is 0 Å². The molecule has 0 radical (unpaired) electrons. The van der Waals surface area contributed by atoms with E-state index in [1.807, 2.05) is 6.07 Å². The molecule has 2 amide bonds. The molecule has 6 heteroatoms. The number of nitrogens with two attached hydrogens (primary N) is 1. The molecule has 1 aliphatic heterocycles. The number of hydrogen-bond donors (Lipinski definition) is 2. The van der Waals surface area contributed by atoms with Crippen LogP contribution in [0.25, 0.3) is 0 Å². The summed E-state index contributed by atoms with van der Waals surface area (Å²) < 4.78 is 0. The van der Waals surface area contributed by atoms with Gasteiger partial charge in [-0.25, -0.2) is 4.98 Å². The number of fused-ring (bicyclic) bond motifs is 1. The number of anilines is 3. The lowest BCUT2D eigenvalue weighted by Crippen LogP contribution is -2.42. The summed E-state index contributed by atoms with van der Waals surface area (Å²) in [5.41, 5.74) is 7.20. The Labute approximate surface area is 135 Å². The van der Waals surface area contributed by atoms with Crippen molar-refractivity contribution in [2.75, 3.05) is 22.5 Å². The zero-order valence-electron chi connectivity index (χ0n) is 13.2. The van der Waals surface area contributed by atoms with Crippen molar-refractivity contribution < 1.29 is 9.59 Å². The van der Waals surface area contributed by atoms with E-state index in [0.717, 1.165) is 0 Å². The second-order valence-corrected chi connectivity index (χ2v) is 5.14. The van der Waals surface area contributed by atoms with E-state index >= 15 is 0 Å². The second kappa shape index (κ2) is 7.40. The van der Waals surface area contributed by atoms with Gasteiger partial charge in [-0.3, -0.25) is 14.5 Å². The van der Waals surface area contributed by atoms with Gasteiger partial charge in [0, 0.05) is 6.20 Å². The van der Waals surface area contributed by atoms with Crippen LogP contribution in [0, 0.1) is 0 Å². The first-order chi connectivity index (χ1) is 11.1. The number of nitrogens with zero attached hydrogens (tertiary/aromatic N) is 2. The van der Waals surface area contributed by atoms with Gasteiger partial charge in [0.2, 0.25) is 5.91 Å². The normalized spacial score (nSPS) is 12.6. The van der Waals surface area contributed by atoms with Crippen LogP contribution in [0.15, 0.2) is 42.6 Å². The molecular weight excluding hydrogens is 292 g/mol. The summed E-state index contributed by atoms with van der Waals surface area (Å²) in [6.07, 6.45) is 2.66. The molecule has 0 spiro atoms. The molecule has 0 unspecified atom stereocenters. The SMILES string of the molecule is CCC.Nc1ccc(C(=O)N2CC(=O)Nc3ccccc32)cn1. The van der Waals surface area contributed by atoms with E-state index in [9.17, 15) is 9.59 Å². The number of aromatic nitrogens is 1. The van der Waals surface area contributed by atoms with Crippen LogP contribution in [0.4, 0.5) is 17.2 Å². The Kier molecular flexibility index (Phi) is 5.30. The van der Waals surface area contributed by atoms with Gasteiger partial charge in [0.05, 0.1) is 16.9 Å². The minimum atomic E-state index is -0.278. The van der Waals surface area contributed by atoms with Gasteiger partial charge in [-0.15, -0.1) is 0 Å². The zero-order valence-corrected chi connectivity index (χ0v) is 13.2. The maximum Gasteiger partial charge on any atom is 0.260 e. The lowest BCUT2D eigenvalue weighted by atomic mass is 10.1. The molecule has 1 aromatic heterocycles. The van der Waals surface area contributed by atoms with Crippen LogP contribution in [0.3, 0.4) is 0 Å². The van der Waals surface area contributed by atoms with E-state index in [1.165, 1.54) is 17.5 Å². The average molecular weight is 312 g/mol. The van der Waals surface area contributed by atoms with Gasteiger partial charge in [-0.1, -0.05) is 32.4 Å². The average Bonchev–Trinajstić information content (AvgIpc) is 2.55. The van der Waals surface area contributed by atoms with Crippen LogP contribution in [0.2, 0.25) is 0 Å². The molecule has 6 nitrogen and oxygen atoms in total. The largest absolute Gasteiger partial charge is 0.384 e. The highest BCUT2D eigenvalue weighted by Crippen LogP contribution is 2.29. The third kappa shape index (κ3) is 3.85. The van der Waals surface area contributed by atoms with E-state index in [0.29, 0.717) is 22.8 Å². The quantitative estimate of drug-likeness (QED) is 0.847. The lowest BCUT2D eigenvalue weighted by Gasteiger charge is -2.29. The topological polar surface area (TPSA) is 88.3 Å². The van der Waals surface area contributed by atoms with Gasteiger partial charge >= 0.3 is 0 Å². The number of pyridine rings is 1. The Bertz CT molecular complexity index is 698. The second-order valence-electron chi connectivity index (χ2n) is 5.14. The molecule has 2 heterocycles. The first kappa shape index (κ1) is 16.5. The standard InChI is InChI=1S/C14H12N4O2.C3H8/c15-12-6-5-9(7-16-12)14(20)18-8-13(19)17-10-3-1-2-4-11(10)18;1-3-2/h1-7H,8H2,(H2,15,16)(H,17,19);3H2,1-2H3. The molecule has 0 atom stereocenters.